The zero-order valence-electron chi connectivity index (χ0n) is 16.7. The van der Waals surface area contributed by atoms with Gasteiger partial charge in [0, 0.05) is 12.3 Å². The number of nitrogens with one attached hydrogen (secondary N) is 3. The Morgan fingerprint density at radius 2 is 2.03 bits per heavy atom. The molecule has 3 rings (SSSR count). The van der Waals surface area contributed by atoms with Crippen molar-refractivity contribution >= 4 is 17.6 Å². The van der Waals surface area contributed by atoms with Crippen LogP contribution in [-0.2, 0) is 16.1 Å². The van der Waals surface area contributed by atoms with E-state index in [9.17, 15) is 23.5 Å². The zero-order chi connectivity index (χ0) is 22.2. The minimum atomic E-state index is -0.771. The number of ether oxygens (including phenoxy) is 1. The standard InChI is InChI=1S/C21H24F2N4O4/c22-13-4-6-16(23)18(9-13)27-21(30)26-17-7-5-15(31-19(17)12-28)10-20(29)25-11-14-3-1-2-8-24-14/h1-4,6,8-9,15,17,19,28H,5,7,10-12H2,(H,25,29)(H2,26,27,30)/t15-,17+,19+/m1/s1. The summed E-state index contributed by atoms with van der Waals surface area (Å²) < 4.78 is 32.7. The number of hydrogen-bond donors (Lipinski definition) is 4. The molecule has 4 N–H and O–H groups in total. The first-order chi connectivity index (χ1) is 14.9. The molecular weight excluding hydrogens is 410 g/mol. The van der Waals surface area contributed by atoms with E-state index < -0.39 is 35.9 Å². The van der Waals surface area contributed by atoms with Gasteiger partial charge in [0.2, 0.25) is 5.91 Å². The first-order valence-electron chi connectivity index (χ1n) is 9.90. The molecule has 0 unspecified atom stereocenters. The largest absolute Gasteiger partial charge is 0.394 e. The summed E-state index contributed by atoms with van der Waals surface area (Å²) in [6.45, 7) is -0.0673. The number of urea groups is 1. The Balaban J connectivity index is 1.46. The number of aliphatic hydroxyl groups excluding tert-OH is 1. The molecule has 3 atom stereocenters. The van der Waals surface area contributed by atoms with Crippen LogP contribution in [0.5, 0.6) is 0 Å². The Hall–Kier alpha value is -3.11. The summed E-state index contributed by atoms with van der Waals surface area (Å²) in [7, 11) is 0. The lowest BCUT2D eigenvalue weighted by molar-refractivity contribution is -0.130. The lowest BCUT2D eigenvalue weighted by Gasteiger charge is -2.35. The van der Waals surface area contributed by atoms with E-state index in [1.165, 1.54) is 0 Å². The number of carbonyl (C=O) groups is 2. The number of anilines is 1. The van der Waals surface area contributed by atoms with Crippen LogP contribution >= 0.6 is 0 Å². The summed E-state index contributed by atoms with van der Waals surface area (Å²) >= 11 is 0. The van der Waals surface area contributed by atoms with E-state index >= 15 is 0 Å². The molecule has 10 heteroatoms. The van der Waals surface area contributed by atoms with Crippen LogP contribution in [0.3, 0.4) is 0 Å². The van der Waals surface area contributed by atoms with Crippen molar-refractivity contribution in [3.8, 4) is 0 Å². The number of carbonyl (C=O) groups excluding carboxylic acids is 2. The quantitative estimate of drug-likeness (QED) is 0.533. The van der Waals surface area contributed by atoms with Gasteiger partial charge >= 0.3 is 6.03 Å². The molecule has 2 aromatic rings. The van der Waals surface area contributed by atoms with Crippen molar-refractivity contribution in [3.05, 3.63) is 59.9 Å². The van der Waals surface area contributed by atoms with E-state index in [-0.39, 0.29) is 24.6 Å². The van der Waals surface area contributed by atoms with E-state index in [1.807, 2.05) is 6.07 Å². The first kappa shape index (κ1) is 22.6. The molecule has 0 aliphatic carbocycles. The summed E-state index contributed by atoms with van der Waals surface area (Å²) in [5, 5.41) is 17.3. The van der Waals surface area contributed by atoms with Gasteiger partial charge in [-0.2, -0.15) is 0 Å². The molecule has 1 saturated heterocycles. The third-order valence-corrected chi connectivity index (χ3v) is 4.89. The molecular formula is C21H24F2N4O4. The number of benzene rings is 1. The van der Waals surface area contributed by atoms with Crippen molar-refractivity contribution < 1.29 is 28.2 Å². The van der Waals surface area contributed by atoms with Crippen molar-refractivity contribution in [2.24, 2.45) is 0 Å². The fourth-order valence-corrected chi connectivity index (χ4v) is 3.34. The highest BCUT2D eigenvalue weighted by Crippen LogP contribution is 2.22. The molecule has 1 fully saturated rings. The number of pyridine rings is 1. The Morgan fingerprint density at radius 1 is 1.19 bits per heavy atom. The van der Waals surface area contributed by atoms with Gasteiger partial charge < -0.3 is 25.8 Å². The molecule has 1 aliphatic rings. The summed E-state index contributed by atoms with van der Waals surface area (Å²) in [6, 6.07) is 6.85. The lowest BCUT2D eigenvalue weighted by Crippen LogP contribution is -2.52. The second-order valence-corrected chi connectivity index (χ2v) is 7.19. The van der Waals surface area contributed by atoms with Crippen LogP contribution in [-0.4, -0.2) is 46.9 Å². The van der Waals surface area contributed by atoms with Gasteiger partial charge in [0.1, 0.15) is 17.7 Å². The average molecular weight is 434 g/mol. The molecule has 1 aromatic heterocycles. The van der Waals surface area contributed by atoms with Crippen LogP contribution < -0.4 is 16.0 Å². The fraction of sp³-hybridized carbons (Fsp3) is 0.381. The molecule has 31 heavy (non-hydrogen) atoms. The fourth-order valence-electron chi connectivity index (χ4n) is 3.34. The smallest absolute Gasteiger partial charge is 0.319 e. The monoisotopic (exact) mass is 434 g/mol. The van der Waals surface area contributed by atoms with E-state index in [0.717, 1.165) is 23.9 Å². The molecule has 3 amide bonds. The van der Waals surface area contributed by atoms with Crippen molar-refractivity contribution in [1.29, 1.82) is 0 Å². The molecule has 166 valence electrons. The topological polar surface area (TPSA) is 113 Å². The number of aromatic nitrogens is 1. The highest BCUT2D eigenvalue weighted by Gasteiger charge is 2.33. The average Bonchev–Trinajstić information content (AvgIpc) is 2.76. The minimum Gasteiger partial charge on any atom is -0.394 e. The summed E-state index contributed by atoms with van der Waals surface area (Å²) in [5.41, 5.74) is 0.441. The number of hydrogen-bond acceptors (Lipinski definition) is 5. The zero-order valence-corrected chi connectivity index (χ0v) is 16.7. The molecule has 8 nitrogen and oxygen atoms in total. The minimum absolute atomic E-state index is 0.108. The first-order valence-corrected chi connectivity index (χ1v) is 9.90. The van der Waals surface area contributed by atoms with Crippen molar-refractivity contribution in [2.75, 3.05) is 11.9 Å². The number of rotatable bonds is 7. The Bertz CT molecular complexity index is 900. The van der Waals surface area contributed by atoms with Crippen molar-refractivity contribution in [2.45, 2.75) is 44.1 Å². The maximum absolute atomic E-state index is 13.7. The van der Waals surface area contributed by atoms with E-state index in [4.69, 9.17) is 4.74 Å². The van der Waals surface area contributed by atoms with Gasteiger partial charge in [-0.25, -0.2) is 13.6 Å². The predicted octanol–water partition coefficient (Wildman–Crippen LogP) is 2.10. The molecule has 2 heterocycles. The SMILES string of the molecule is O=C(C[C@H]1CC[C@H](NC(=O)Nc2cc(F)ccc2F)[C@H](CO)O1)NCc1ccccn1. The summed E-state index contributed by atoms with van der Waals surface area (Å²) in [6.07, 6.45) is 1.53. The molecule has 1 aliphatic heterocycles. The Morgan fingerprint density at radius 3 is 2.77 bits per heavy atom. The molecule has 0 radical (unpaired) electrons. The van der Waals surface area contributed by atoms with Gasteiger partial charge in [-0.05, 0) is 37.1 Å². The number of amides is 3. The van der Waals surface area contributed by atoms with E-state index in [0.29, 0.717) is 19.4 Å². The molecule has 0 spiro atoms. The Kier molecular flexibility index (Phi) is 7.85. The van der Waals surface area contributed by atoms with E-state index in [2.05, 4.69) is 20.9 Å². The Labute approximate surface area is 178 Å². The molecule has 0 bridgehead atoms. The van der Waals surface area contributed by atoms with Crippen LogP contribution in [0.15, 0.2) is 42.6 Å². The number of aliphatic hydroxyl groups is 1. The second-order valence-electron chi connectivity index (χ2n) is 7.19. The van der Waals surface area contributed by atoms with Gasteiger partial charge in [0.05, 0.1) is 43.1 Å². The maximum atomic E-state index is 13.7. The van der Waals surface area contributed by atoms with Crippen LogP contribution in [0.1, 0.15) is 25.0 Å². The highest BCUT2D eigenvalue weighted by molar-refractivity contribution is 5.89. The van der Waals surface area contributed by atoms with Gasteiger partial charge in [-0.15, -0.1) is 0 Å². The van der Waals surface area contributed by atoms with Crippen LogP contribution in [0, 0.1) is 11.6 Å². The van der Waals surface area contributed by atoms with Crippen LogP contribution in [0.4, 0.5) is 19.3 Å². The summed E-state index contributed by atoms with van der Waals surface area (Å²) in [4.78, 5) is 28.5. The lowest BCUT2D eigenvalue weighted by atomic mass is 9.97. The van der Waals surface area contributed by atoms with Gasteiger partial charge in [0.25, 0.3) is 0 Å². The van der Waals surface area contributed by atoms with Crippen LogP contribution in [0.25, 0.3) is 0 Å². The maximum Gasteiger partial charge on any atom is 0.319 e. The number of halogens is 2. The molecule has 0 saturated carbocycles. The van der Waals surface area contributed by atoms with Crippen molar-refractivity contribution in [1.82, 2.24) is 15.6 Å². The van der Waals surface area contributed by atoms with Crippen molar-refractivity contribution in [3.63, 3.8) is 0 Å². The highest BCUT2D eigenvalue weighted by atomic mass is 19.1. The van der Waals surface area contributed by atoms with Crippen LogP contribution in [0.2, 0.25) is 0 Å². The van der Waals surface area contributed by atoms with Gasteiger partial charge in [-0.1, -0.05) is 6.07 Å². The van der Waals surface area contributed by atoms with Gasteiger partial charge in [0.15, 0.2) is 0 Å². The molecule has 1 aromatic carbocycles. The summed E-state index contributed by atoms with van der Waals surface area (Å²) in [5.74, 6) is -1.67. The normalized spacial score (nSPS) is 20.7. The van der Waals surface area contributed by atoms with Gasteiger partial charge in [-0.3, -0.25) is 9.78 Å². The third kappa shape index (κ3) is 6.69. The van der Waals surface area contributed by atoms with E-state index in [1.54, 1.807) is 18.3 Å². The predicted molar refractivity (Wildman–Crippen MR) is 108 cm³/mol. The second kappa shape index (κ2) is 10.8. The number of nitrogens with zero attached hydrogens (tertiary/aromatic N) is 1. The third-order valence-electron chi connectivity index (χ3n) is 4.89.